The summed E-state index contributed by atoms with van der Waals surface area (Å²) in [6, 6.07) is 0. The highest BCUT2D eigenvalue weighted by Gasteiger charge is 2.58. The molecule has 2 heteroatoms. The van der Waals surface area contributed by atoms with E-state index in [1.807, 2.05) is 0 Å². The van der Waals surface area contributed by atoms with Crippen LogP contribution in [0, 0.1) is 34.5 Å². The molecule has 6 unspecified atom stereocenters. The molecule has 0 amide bonds. The molecule has 0 aromatic carbocycles. The minimum absolute atomic E-state index is 0.0781. The zero-order chi connectivity index (χ0) is 15.5. The summed E-state index contributed by atoms with van der Waals surface area (Å²) in [6.45, 7) is 4.87. The van der Waals surface area contributed by atoms with Gasteiger partial charge in [0.05, 0.1) is 6.10 Å². The Bertz CT molecular complexity index is 472. The van der Waals surface area contributed by atoms with Crippen molar-refractivity contribution in [1.29, 1.82) is 0 Å². The van der Waals surface area contributed by atoms with Crippen LogP contribution in [0.4, 0.5) is 0 Å². The molecule has 2 nitrogen and oxygen atoms in total. The molecule has 4 aliphatic carbocycles. The maximum atomic E-state index is 11.9. The molecule has 0 saturated heterocycles. The zero-order valence-electron chi connectivity index (χ0n) is 14.3. The van der Waals surface area contributed by atoms with Gasteiger partial charge in [0.25, 0.3) is 0 Å². The number of aliphatic hydroxyl groups excluding tert-OH is 1. The van der Waals surface area contributed by atoms with Crippen LogP contribution >= 0.6 is 0 Å². The number of aliphatic hydroxyl groups is 1. The highest BCUT2D eigenvalue weighted by Crippen LogP contribution is 2.65. The lowest BCUT2D eigenvalue weighted by Gasteiger charge is -2.62. The van der Waals surface area contributed by atoms with Crippen LogP contribution in [0.2, 0.25) is 0 Å². The van der Waals surface area contributed by atoms with E-state index >= 15 is 0 Å². The topological polar surface area (TPSA) is 37.3 Å². The molecular weight excluding hydrogens is 272 g/mol. The van der Waals surface area contributed by atoms with Crippen LogP contribution < -0.4 is 0 Å². The molecule has 124 valence electrons. The van der Waals surface area contributed by atoms with Gasteiger partial charge in [0.2, 0.25) is 0 Å². The molecule has 0 bridgehead atoms. The lowest BCUT2D eigenvalue weighted by atomic mass is 9.43. The fourth-order valence-corrected chi connectivity index (χ4v) is 7.21. The summed E-state index contributed by atoms with van der Waals surface area (Å²) in [4.78, 5) is 11.9. The van der Waals surface area contributed by atoms with E-state index in [-0.39, 0.29) is 11.5 Å². The van der Waals surface area contributed by atoms with E-state index in [1.54, 1.807) is 0 Å². The van der Waals surface area contributed by atoms with Gasteiger partial charge in [0.15, 0.2) is 0 Å². The van der Waals surface area contributed by atoms with E-state index < -0.39 is 0 Å². The van der Waals surface area contributed by atoms with Crippen molar-refractivity contribution in [2.75, 3.05) is 0 Å². The quantitative estimate of drug-likeness (QED) is 0.722. The Morgan fingerprint density at radius 2 is 1.73 bits per heavy atom. The molecule has 4 saturated carbocycles. The summed E-state index contributed by atoms with van der Waals surface area (Å²) >= 11 is 0. The molecule has 0 radical (unpaired) electrons. The van der Waals surface area contributed by atoms with E-state index in [0.29, 0.717) is 17.1 Å². The van der Waals surface area contributed by atoms with Gasteiger partial charge in [-0.15, -0.1) is 0 Å². The molecular formula is C20H32O2. The Labute approximate surface area is 135 Å². The van der Waals surface area contributed by atoms with Gasteiger partial charge in [0, 0.05) is 12.8 Å². The van der Waals surface area contributed by atoms with Crippen LogP contribution in [-0.2, 0) is 4.79 Å². The van der Waals surface area contributed by atoms with Crippen molar-refractivity contribution in [1.82, 2.24) is 0 Å². The number of carbonyl (C=O) groups excluding carboxylic acids is 1. The van der Waals surface area contributed by atoms with Crippen molar-refractivity contribution in [3.8, 4) is 0 Å². The lowest BCUT2D eigenvalue weighted by Crippen LogP contribution is -2.57. The normalized spacial score (nSPS) is 55.0. The van der Waals surface area contributed by atoms with E-state index in [0.717, 1.165) is 43.4 Å². The van der Waals surface area contributed by atoms with Crippen molar-refractivity contribution in [3.63, 3.8) is 0 Å². The van der Waals surface area contributed by atoms with E-state index in [9.17, 15) is 9.90 Å². The Kier molecular flexibility index (Phi) is 3.49. The second-order valence-corrected chi connectivity index (χ2v) is 9.39. The highest BCUT2D eigenvalue weighted by molar-refractivity contribution is 5.79. The zero-order valence-corrected chi connectivity index (χ0v) is 14.3. The lowest BCUT2D eigenvalue weighted by molar-refractivity contribution is -0.162. The van der Waals surface area contributed by atoms with Gasteiger partial charge in [-0.25, -0.2) is 0 Å². The van der Waals surface area contributed by atoms with Crippen molar-refractivity contribution in [3.05, 3.63) is 0 Å². The average molecular weight is 304 g/mol. The molecule has 22 heavy (non-hydrogen) atoms. The molecule has 0 aliphatic heterocycles. The van der Waals surface area contributed by atoms with Gasteiger partial charge >= 0.3 is 0 Å². The number of hydrogen-bond donors (Lipinski definition) is 1. The smallest absolute Gasteiger partial charge is 0.133 e. The Morgan fingerprint density at radius 3 is 2.55 bits per heavy atom. The summed E-state index contributed by atoms with van der Waals surface area (Å²) in [5, 5.41) is 10.6. The van der Waals surface area contributed by atoms with Crippen molar-refractivity contribution in [2.45, 2.75) is 84.2 Å². The minimum atomic E-state index is -0.0781. The highest BCUT2D eigenvalue weighted by atomic mass is 16.3. The van der Waals surface area contributed by atoms with Gasteiger partial charge in [-0.05, 0) is 79.4 Å². The van der Waals surface area contributed by atoms with Crippen LogP contribution in [0.1, 0.15) is 78.1 Å². The van der Waals surface area contributed by atoms with Crippen LogP contribution in [0.15, 0.2) is 0 Å². The number of hydrogen-bond acceptors (Lipinski definition) is 2. The van der Waals surface area contributed by atoms with Gasteiger partial charge in [-0.2, -0.15) is 0 Å². The first-order valence-electron chi connectivity index (χ1n) is 9.65. The molecule has 0 heterocycles. The molecule has 0 aromatic heterocycles. The minimum Gasteiger partial charge on any atom is -0.393 e. The van der Waals surface area contributed by atoms with E-state index in [1.165, 1.54) is 38.5 Å². The van der Waals surface area contributed by atoms with Gasteiger partial charge in [-0.1, -0.05) is 20.3 Å². The average Bonchev–Trinajstić information content (AvgIpc) is 2.49. The first-order chi connectivity index (χ1) is 10.4. The Balaban J connectivity index is 1.63. The predicted octanol–water partition coefficient (Wildman–Crippen LogP) is 4.35. The number of carbonyl (C=O) groups is 1. The fraction of sp³-hybridized carbons (Fsp3) is 0.950. The Hall–Kier alpha value is -0.370. The van der Waals surface area contributed by atoms with Gasteiger partial charge in [-0.3, -0.25) is 4.79 Å². The van der Waals surface area contributed by atoms with Crippen LogP contribution in [-0.4, -0.2) is 17.0 Å². The standard InChI is InChI=1S/C20H32O2/c1-19-10-8-14(21)12-13(19)6-7-15-16-4-3-5-18(22)20(16,2)11-9-17(15)19/h13,15-18,22H,3-12H2,1-2H3/t13?,15?,16?,17?,18-,19?,20?/m0/s1. The second kappa shape index (κ2) is 5.06. The van der Waals surface area contributed by atoms with Crippen LogP contribution in [0.3, 0.4) is 0 Å². The summed E-state index contributed by atoms with van der Waals surface area (Å²) in [5.74, 6) is 3.50. The number of ketones is 1. The second-order valence-electron chi connectivity index (χ2n) is 9.39. The summed E-state index contributed by atoms with van der Waals surface area (Å²) in [6.07, 6.45) is 11.3. The SMILES string of the molecule is CC12CCC(=O)CC1CCC1C2CCC2(C)C1CCC[C@@H]2O. The molecule has 0 spiro atoms. The maximum absolute atomic E-state index is 11.9. The van der Waals surface area contributed by atoms with Gasteiger partial charge < -0.3 is 5.11 Å². The summed E-state index contributed by atoms with van der Waals surface area (Å²) < 4.78 is 0. The number of fused-ring (bicyclic) bond motifs is 5. The summed E-state index contributed by atoms with van der Waals surface area (Å²) in [5.41, 5.74) is 0.577. The van der Waals surface area contributed by atoms with Crippen molar-refractivity contribution >= 4 is 5.78 Å². The monoisotopic (exact) mass is 304 g/mol. The molecule has 4 fully saturated rings. The van der Waals surface area contributed by atoms with Gasteiger partial charge in [0.1, 0.15) is 5.78 Å². The molecule has 4 aliphatic rings. The fourth-order valence-electron chi connectivity index (χ4n) is 7.21. The maximum Gasteiger partial charge on any atom is 0.133 e. The summed E-state index contributed by atoms with van der Waals surface area (Å²) in [7, 11) is 0. The van der Waals surface area contributed by atoms with E-state index in [4.69, 9.17) is 0 Å². The molecule has 0 aromatic rings. The van der Waals surface area contributed by atoms with Crippen LogP contribution in [0.25, 0.3) is 0 Å². The third kappa shape index (κ3) is 1.98. The Morgan fingerprint density at radius 1 is 0.955 bits per heavy atom. The van der Waals surface area contributed by atoms with E-state index in [2.05, 4.69) is 13.8 Å². The third-order valence-electron chi connectivity index (χ3n) is 8.67. The first kappa shape index (κ1) is 15.2. The number of rotatable bonds is 0. The molecule has 4 rings (SSSR count). The largest absolute Gasteiger partial charge is 0.393 e. The predicted molar refractivity (Wildman–Crippen MR) is 87.4 cm³/mol. The molecule has 1 N–H and O–H groups in total. The van der Waals surface area contributed by atoms with Crippen molar-refractivity contribution in [2.24, 2.45) is 34.5 Å². The van der Waals surface area contributed by atoms with Crippen LogP contribution in [0.5, 0.6) is 0 Å². The third-order valence-corrected chi connectivity index (χ3v) is 8.67. The first-order valence-corrected chi connectivity index (χ1v) is 9.65. The number of Topliss-reactive ketones (excluding diaryl/α,β-unsaturated/α-hetero) is 1. The van der Waals surface area contributed by atoms with Crippen molar-refractivity contribution < 1.29 is 9.90 Å². The molecule has 7 atom stereocenters.